The molecule has 0 spiro atoms. The normalized spacial score (nSPS) is 18.6. The number of sulfonamides is 1. The Morgan fingerprint density at radius 2 is 2.18 bits per heavy atom. The minimum Gasteiger partial charge on any atom is -0.356 e. The molecule has 2 aromatic rings. The van der Waals surface area contributed by atoms with Crippen LogP contribution in [0.15, 0.2) is 45.9 Å². The van der Waals surface area contributed by atoms with E-state index in [0.29, 0.717) is 23.8 Å². The first-order valence-corrected chi connectivity index (χ1v) is 8.85. The fraction of sp³-hybridized carbons (Fsp3) is 0.400. The largest absolute Gasteiger partial charge is 0.356 e. The molecule has 0 aliphatic carbocycles. The average Bonchev–Trinajstić information content (AvgIpc) is 3.20. The van der Waals surface area contributed by atoms with Gasteiger partial charge in [-0.1, -0.05) is 17.3 Å². The van der Waals surface area contributed by atoms with E-state index in [9.17, 15) is 8.42 Å². The van der Waals surface area contributed by atoms with Gasteiger partial charge in [0.25, 0.3) is 0 Å². The second-order valence-electron chi connectivity index (χ2n) is 5.42. The number of aromatic nitrogens is 1. The molecular weight excluding hydrogens is 302 g/mol. The van der Waals surface area contributed by atoms with Gasteiger partial charge in [-0.15, -0.1) is 0 Å². The Morgan fingerprint density at radius 3 is 2.91 bits per heavy atom. The summed E-state index contributed by atoms with van der Waals surface area (Å²) in [6, 6.07) is 8.43. The van der Waals surface area contributed by atoms with Crippen molar-refractivity contribution < 1.29 is 12.9 Å². The maximum Gasteiger partial charge on any atom is 0.241 e. The van der Waals surface area contributed by atoms with Gasteiger partial charge in [0, 0.05) is 18.2 Å². The zero-order chi connectivity index (χ0) is 15.4. The van der Waals surface area contributed by atoms with Crippen LogP contribution in [0.5, 0.6) is 0 Å². The van der Waals surface area contributed by atoms with Crippen molar-refractivity contribution in [2.45, 2.75) is 17.7 Å². The standard InChI is InChI=1S/C15H19N3O3S/c19-22(20,18-10-6-12-5-8-16-11-12)15-4-2-1-3-13(15)14-7-9-17-21-14/h1-4,7,9,12,16,18H,5-6,8,10-11H2. The van der Waals surface area contributed by atoms with Gasteiger partial charge in [-0.3, -0.25) is 0 Å². The number of nitrogens with one attached hydrogen (secondary N) is 2. The zero-order valence-corrected chi connectivity index (χ0v) is 13.0. The van der Waals surface area contributed by atoms with Crippen LogP contribution >= 0.6 is 0 Å². The third-order valence-electron chi connectivity index (χ3n) is 3.89. The summed E-state index contributed by atoms with van der Waals surface area (Å²) in [5.41, 5.74) is 0.523. The summed E-state index contributed by atoms with van der Waals surface area (Å²) in [5, 5.41) is 6.92. The smallest absolute Gasteiger partial charge is 0.241 e. The molecule has 118 valence electrons. The summed E-state index contributed by atoms with van der Waals surface area (Å²) >= 11 is 0. The maximum absolute atomic E-state index is 12.5. The Morgan fingerprint density at radius 1 is 1.32 bits per heavy atom. The minimum absolute atomic E-state index is 0.219. The molecule has 0 amide bonds. The number of benzene rings is 1. The van der Waals surface area contributed by atoms with Crippen molar-refractivity contribution in [3.8, 4) is 11.3 Å². The van der Waals surface area contributed by atoms with Crippen LogP contribution in [0.2, 0.25) is 0 Å². The van der Waals surface area contributed by atoms with Gasteiger partial charge in [0.1, 0.15) is 0 Å². The van der Waals surface area contributed by atoms with Gasteiger partial charge in [0.15, 0.2) is 5.76 Å². The molecule has 3 rings (SSSR count). The lowest BCUT2D eigenvalue weighted by atomic mass is 10.1. The van der Waals surface area contributed by atoms with E-state index in [1.165, 1.54) is 6.20 Å². The molecule has 1 atom stereocenters. The van der Waals surface area contributed by atoms with Gasteiger partial charge in [-0.2, -0.15) is 0 Å². The van der Waals surface area contributed by atoms with Crippen molar-refractivity contribution in [2.75, 3.05) is 19.6 Å². The van der Waals surface area contributed by atoms with Crippen LogP contribution < -0.4 is 10.0 Å². The molecule has 1 saturated heterocycles. The summed E-state index contributed by atoms with van der Waals surface area (Å²) in [6.45, 7) is 2.43. The zero-order valence-electron chi connectivity index (χ0n) is 12.2. The van der Waals surface area contributed by atoms with Crippen LogP contribution in [0.1, 0.15) is 12.8 Å². The van der Waals surface area contributed by atoms with Gasteiger partial charge >= 0.3 is 0 Å². The lowest BCUT2D eigenvalue weighted by Gasteiger charge is -2.12. The first-order chi connectivity index (χ1) is 10.7. The summed E-state index contributed by atoms with van der Waals surface area (Å²) in [7, 11) is -3.57. The summed E-state index contributed by atoms with van der Waals surface area (Å²) in [6.07, 6.45) is 3.45. The molecule has 1 unspecified atom stereocenters. The van der Waals surface area contributed by atoms with Gasteiger partial charge in [0.2, 0.25) is 10.0 Å². The summed E-state index contributed by atoms with van der Waals surface area (Å²) in [4.78, 5) is 0.219. The molecule has 1 aromatic heterocycles. The molecule has 22 heavy (non-hydrogen) atoms. The van der Waals surface area contributed by atoms with E-state index in [4.69, 9.17) is 4.52 Å². The molecule has 7 heteroatoms. The van der Waals surface area contributed by atoms with Crippen LogP contribution in [0, 0.1) is 5.92 Å². The van der Waals surface area contributed by atoms with Crippen LogP contribution in [-0.4, -0.2) is 33.2 Å². The molecule has 1 aliphatic heterocycles. The lowest BCUT2D eigenvalue weighted by molar-refractivity contribution is 0.431. The average molecular weight is 321 g/mol. The highest BCUT2D eigenvalue weighted by molar-refractivity contribution is 7.89. The minimum atomic E-state index is -3.57. The van der Waals surface area contributed by atoms with Crippen LogP contribution in [0.4, 0.5) is 0 Å². The third kappa shape index (κ3) is 3.37. The highest BCUT2D eigenvalue weighted by atomic mass is 32.2. The monoisotopic (exact) mass is 321 g/mol. The quantitative estimate of drug-likeness (QED) is 0.844. The maximum atomic E-state index is 12.5. The number of hydrogen-bond acceptors (Lipinski definition) is 5. The van der Waals surface area contributed by atoms with E-state index in [1.54, 1.807) is 30.3 Å². The Labute approximate surface area is 129 Å². The first kappa shape index (κ1) is 15.2. The van der Waals surface area contributed by atoms with E-state index < -0.39 is 10.0 Å². The van der Waals surface area contributed by atoms with Crippen molar-refractivity contribution in [2.24, 2.45) is 5.92 Å². The second kappa shape index (κ2) is 6.60. The topological polar surface area (TPSA) is 84.2 Å². The van der Waals surface area contributed by atoms with Crippen LogP contribution in [-0.2, 0) is 10.0 Å². The summed E-state index contributed by atoms with van der Waals surface area (Å²) in [5.74, 6) is 0.994. The molecule has 0 saturated carbocycles. The highest BCUT2D eigenvalue weighted by Gasteiger charge is 2.21. The molecule has 1 fully saturated rings. The van der Waals surface area contributed by atoms with E-state index in [-0.39, 0.29) is 4.90 Å². The number of nitrogens with zero attached hydrogens (tertiary/aromatic N) is 1. The fourth-order valence-electron chi connectivity index (χ4n) is 2.70. The van der Waals surface area contributed by atoms with E-state index >= 15 is 0 Å². The Balaban J connectivity index is 1.74. The van der Waals surface area contributed by atoms with Gasteiger partial charge in [0.05, 0.1) is 11.1 Å². The predicted octanol–water partition coefficient (Wildman–Crippen LogP) is 1.62. The Bertz CT molecular complexity index is 707. The van der Waals surface area contributed by atoms with Crippen molar-refractivity contribution in [1.29, 1.82) is 0 Å². The molecule has 0 bridgehead atoms. The number of hydrogen-bond donors (Lipinski definition) is 2. The molecule has 6 nitrogen and oxygen atoms in total. The van der Waals surface area contributed by atoms with Crippen molar-refractivity contribution in [3.05, 3.63) is 36.5 Å². The highest BCUT2D eigenvalue weighted by Crippen LogP contribution is 2.26. The Hall–Kier alpha value is -1.70. The van der Waals surface area contributed by atoms with Crippen molar-refractivity contribution in [1.82, 2.24) is 15.2 Å². The van der Waals surface area contributed by atoms with E-state index in [1.807, 2.05) is 0 Å². The lowest BCUT2D eigenvalue weighted by Crippen LogP contribution is -2.27. The second-order valence-corrected chi connectivity index (χ2v) is 7.15. The predicted molar refractivity (Wildman–Crippen MR) is 82.7 cm³/mol. The van der Waals surface area contributed by atoms with Gasteiger partial charge < -0.3 is 9.84 Å². The SMILES string of the molecule is O=S(=O)(NCCC1CCNC1)c1ccccc1-c1ccno1. The van der Waals surface area contributed by atoms with Crippen molar-refractivity contribution in [3.63, 3.8) is 0 Å². The molecule has 1 aromatic carbocycles. The molecular formula is C15H19N3O3S. The van der Waals surface area contributed by atoms with Crippen LogP contribution in [0.25, 0.3) is 11.3 Å². The summed E-state index contributed by atoms with van der Waals surface area (Å²) < 4.78 is 32.8. The number of rotatable bonds is 6. The first-order valence-electron chi connectivity index (χ1n) is 7.37. The van der Waals surface area contributed by atoms with Crippen LogP contribution in [0.3, 0.4) is 0 Å². The van der Waals surface area contributed by atoms with Gasteiger partial charge in [-0.25, -0.2) is 13.1 Å². The van der Waals surface area contributed by atoms with Gasteiger partial charge in [-0.05, 0) is 44.0 Å². The third-order valence-corrected chi connectivity index (χ3v) is 5.41. The fourth-order valence-corrected chi connectivity index (χ4v) is 3.95. The van der Waals surface area contributed by atoms with E-state index in [2.05, 4.69) is 15.2 Å². The van der Waals surface area contributed by atoms with E-state index in [0.717, 1.165) is 25.9 Å². The molecule has 1 aliphatic rings. The van der Waals surface area contributed by atoms with Crippen molar-refractivity contribution >= 4 is 10.0 Å². The molecule has 0 radical (unpaired) electrons. The molecule has 2 N–H and O–H groups in total. The Kier molecular flexibility index (Phi) is 4.56. The molecule has 2 heterocycles.